The number of hydrogen-bond acceptors (Lipinski definition) is 2. The SMILES string of the molecule is CCCCCCC(CCC)OC(F)C(=O)c1ccccc1. The fourth-order valence-corrected chi connectivity index (χ4v) is 2.37. The van der Waals surface area contributed by atoms with Gasteiger partial charge >= 0.3 is 0 Å². The molecule has 2 nitrogen and oxygen atoms in total. The molecule has 0 aliphatic heterocycles. The third-order valence-corrected chi connectivity index (χ3v) is 3.57. The van der Waals surface area contributed by atoms with Crippen molar-refractivity contribution in [3.63, 3.8) is 0 Å². The van der Waals surface area contributed by atoms with Crippen LogP contribution in [-0.4, -0.2) is 18.2 Å². The van der Waals surface area contributed by atoms with E-state index in [4.69, 9.17) is 4.74 Å². The van der Waals surface area contributed by atoms with Gasteiger partial charge in [0.15, 0.2) is 0 Å². The van der Waals surface area contributed by atoms with Gasteiger partial charge in [-0.15, -0.1) is 0 Å². The Bertz CT molecular complexity index is 391. The summed E-state index contributed by atoms with van der Waals surface area (Å²) >= 11 is 0. The van der Waals surface area contributed by atoms with Crippen LogP contribution in [0.15, 0.2) is 30.3 Å². The fraction of sp³-hybridized carbons (Fsp3) is 0.611. The normalized spacial score (nSPS) is 13.9. The number of benzene rings is 1. The van der Waals surface area contributed by atoms with Crippen molar-refractivity contribution in [3.05, 3.63) is 35.9 Å². The molecule has 0 fully saturated rings. The molecule has 2 unspecified atom stereocenters. The topological polar surface area (TPSA) is 26.3 Å². The zero-order valence-corrected chi connectivity index (χ0v) is 13.2. The van der Waals surface area contributed by atoms with Gasteiger partial charge < -0.3 is 4.74 Å². The standard InChI is InChI=1S/C18H27FO2/c1-3-5-6-10-14-16(11-4-2)21-18(19)17(20)15-12-8-7-9-13-15/h7-9,12-13,16,18H,3-6,10-11,14H2,1-2H3. The van der Waals surface area contributed by atoms with Crippen LogP contribution in [0.1, 0.15) is 69.2 Å². The van der Waals surface area contributed by atoms with Gasteiger partial charge in [0.25, 0.3) is 6.36 Å². The number of hydrogen-bond donors (Lipinski definition) is 0. The summed E-state index contributed by atoms with van der Waals surface area (Å²) in [6.07, 6.45) is 5.10. The van der Waals surface area contributed by atoms with Crippen molar-refractivity contribution in [2.75, 3.05) is 0 Å². The molecule has 1 aromatic rings. The van der Waals surface area contributed by atoms with E-state index in [2.05, 4.69) is 13.8 Å². The summed E-state index contributed by atoms with van der Waals surface area (Å²) in [5.41, 5.74) is 0.367. The van der Waals surface area contributed by atoms with Crippen molar-refractivity contribution in [2.24, 2.45) is 0 Å². The second kappa shape index (κ2) is 10.5. The number of alkyl halides is 1. The maximum Gasteiger partial charge on any atom is 0.263 e. The number of unbranched alkanes of at least 4 members (excludes halogenated alkanes) is 3. The molecule has 2 atom stereocenters. The molecule has 0 aromatic heterocycles. The van der Waals surface area contributed by atoms with Gasteiger partial charge in [-0.2, -0.15) is 0 Å². The van der Waals surface area contributed by atoms with Gasteiger partial charge in [-0.05, 0) is 12.8 Å². The van der Waals surface area contributed by atoms with E-state index in [1.807, 2.05) is 0 Å². The number of carbonyl (C=O) groups excluding carboxylic acids is 1. The number of rotatable bonds is 11. The molecular formula is C18H27FO2. The second-order valence-corrected chi connectivity index (χ2v) is 5.44. The predicted octanol–water partition coefficient (Wildman–Crippen LogP) is 5.32. The summed E-state index contributed by atoms with van der Waals surface area (Å²) in [6, 6.07) is 8.50. The largest absolute Gasteiger partial charge is 0.339 e. The highest BCUT2D eigenvalue weighted by Crippen LogP contribution is 2.17. The van der Waals surface area contributed by atoms with Crippen LogP contribution in [0.4, 0.5) is 4.39 Å². The highest BCUT2D eigenvalue weighted by molar-refractivity contribution is 5.98. The van der Waals surface area contributed by atoms with Crippen LogP contribution >= 0.6 is 0 Å². The minimum atomic E-state index is -1.85. The Hall–Kier alpha value is -1.22. The van der Waals surface area contributed by atoms with Crippen molar-refractivity contribution in [2.45, 2.75) is 71.3 Å². The zero-order chi connectivity index (χ0) is 15.5. The van der Waals surface area contributed by atoms with Crippen LogP contribution in [0.5, 0.6) is 0 Å². The quantitative estimate of drug-likeness (QED) is 0.408. The van der Waals surface area contributed by atoms with E-state index in [0.29, 0.717) is 5.56 Å². The smallest absolute Gasteiger partial charge is 0.263 e. The highest BCUT2D eigenvalue weighted by Gasteiger charge is 2.23. The third kappa shape index (κ3) is 6.85. The van der Waals surface area contributed by atoms with E-state index in [9.17, 15) is 9.18 Å². The molecule has 1 aromatic carbocycles. The minimum absolute atomic E-state index is 0.158. The van der Waals surface area contributed by atoms with Crippen LogP contribution in [0, 0.1) is 0 Å². The molecule has 0 saturated heterocycles. The van der Waals surface area contributed by atoms with Gasteiger partial charge in [-0.3, -0.25) is 4.79 Å². The molecule has 118 valence electrons. The molecular weight excluding hydrogens is 267 g/mol. The predicted molar refractivity (Wildman–Crippen MR) is 84.2 cm³/mol. The lowest BCUT2D eigenvalue weighted by atomic mass is 10.1. The Kier molecular flexibility index (Phi) is 8.91. The van der Waals surface area contributed by atoms with Crippen LogP contribution in [0.3, 0.4) is 0 Å². The lowest BCUT2D eigenvalue weighted by Gasteiger charge is -2.19. The van der Waals surface area contributed by atoms with Crippen molar-refractivity contribution >= 4 is 5.78 Å². The lowest BCUT2D eigenvalue weighted by Crippen LogP contribution is -2.26. The summed E-state index contributed by atoms with van der Waals surface area (Å²) in [5.74, 6) is -0.578. The molecule has 0 radical (unpaired) electrons. The highest BCUT2D eigenvalue weighted by atomic mass is 19.1. The summed E-state index contributed by atoms with van der Waals surface area (Å²) in [5, 5.41) is 0. The van der Waals surface area contributed by atoms with Gasteiger partial charge in [0, 0.05) is 5.56 Å². The van der Waals surface area contributed by atoms with E-state index in [1.165, 1.54) is 12.8 Å². The number of carbonyl (C=O) groups is 1. The Morgan fingerprint density at radius 1 is 1.05 bits per heavy atom. The Morgan fingerprint density at radius 2 is 1.76 bits per heavy atom. The van der Waals surface area contributed by atoms with E-state index >= 15 is 0 Å². The summed E-state index contributed by atoms with van der Waals surface area (Å²) in [6.45, 7) is 4.21. The minimum Gasteiger partial charge on any atom is -0.339 e. The van der Waals surface area contributed by atoms with Gasteiger partial charge in [-0.1, -0.05) is 76.3 Å². The molecule has 0 spiro atoms. The van der Waals surface area contributed by atoms with Crippen molar-refractivity contribution in [1.29, 1.82) is 0 Å². The van der Waals surface area contributed by atoms with Crippen LogP contribution in [0.25, 0.3) is 0 Å². The van der Waals surface area contributed by atoms with Gasteiger partial charge in [0.05, 0.1) is 6.10 Å². The maximum atomic E-state index is 14.1. The first kappa shape index (κ1) is 17.8. The lowest BCUT2D eigenvalue weighted by molar-refractivity contribution is -0.0697. The molecule has 0 amide bonds. The Morgan fingerprint density at radius 3 is 2.38 bits per heavy atom. The van der Waals surface area contributed by atoms with E-state index < -0.39 is 12.1 Å². The molecule has 1 rings (SSSR count). The average Bonchev–Trinajstić information content (AvgIpc) is 2.51. The third-order valence-electron chi connectivity index (χ3n) is 3.57. The number of halogens is 1. The first-order chi connectivity index (χ1) is 10.2. The van der Waals surface area contributed by atoms with Crippen LogP contribution in [0.2, 0.25) is 0 Å². The van der Waals surface area contributed by atoms with Crippen LogP contribution in [-0.2, 0) is 4.74 Å². The number of Topliss-reactive ketones (excluding diaryl/α,β-unsaturated/α-hetero) is 1. The van der Waals surface area contributed by atoms with E-state index in [1.54, 1.807) is 30.3 Å². The maximum absolute atomic E-state index is 14.1. The van der Waals surface area contributed by atoms with Crippen LogP contribution < -0.4 is 0 Å². The monoisotopic (exact) mass is 294 g/mol. The molecule has 3 heteroatoms. The van der Waals surface area contributed by atoms with Gasteiger partial charge in [0.2, 0.25) is 5.78 Å². The number of ether oxygens (including phenoxy) is 1. The molecule has 21 heavy (non-hydrogen) atoms. The van der Waals surface area contributed by atoms with Gasteiger partial charge in [0.1, 0.15) is 0 Å². The van der Waals surface area contributed by atoms with E-state index in [-0.39, 0.29) is 6.10 Å². The molecule has 0 aliphatic rings. The summed E-state index contributed by atoms with van der Waals surface area (Å²) in [4.78, 5) is 12.0. The molecule has 0 saturated carbocycles. The summed E-state index contributed by atoms with van der Waals surface area (Å²) in [7, 11) is 0. The van der Waals surface area contributed by atoms with E-state index in [0.717, 1.165) is 32.1 Å². The number of ketones is 1. The first-order valence-electron chi connectivity index (χ1n) is 8.07. The van der Waals surface area contributed by atoms with Crippen molar-refractivity contribution in [3.8, 4) is 0 Å². The average molecular weight is 294 g/mol. The molecule has 0 aliphatic carbocycles. The second-order valence-electron chi connectivity index (χ2n) is 5.44. The van der Waals surface area contributed by atoms with Gasteiger partial charge in [-0.25, -0.2) is 4.39 Å². The van der Waals surface area contributed by atoms with Crippen molar-refractivity contribution in [1.82, 2.24) is 0 Å². The van der Waals surface area contributed by atoms with Crippen molar-refractivity contribution < 1.29 is 13.9 Å². The molecule has 0 N–H and O–H groups in total. The Labute approximate surface area is 127 Å². The summed E-state index contributed by atoms with van der Waals surface area (Å²) < 4.78 is 19.4. The molecule has 0 bridgehead atoms. The zero-order valence-electron chi connectivity index (χ0n) is 13.2. The fourth-order valence-electron chi connectivity index (χ4n) is 2.37. The Balaban J connectivity index is 2.47. The first-order valence-corrected chi connectivity index (χ1v) is 8.07. The molecule has 0 heterocycles.